The molecule has 96 valence electrons. The zero-order chi connectivity index (χ0) is 13.4. The maximum absolute atomic E-state index is 13.1. The number of anilines is 2. The van der Waals surface area contributed by atoms with Crippen molar-refractivity contribution in [3.63, 3.8) is 0 Å². The number of aromatic nitrogens is 4. The molecule has 0 amide bonds. The minimum atomic E-state index is -0.276. The number of nitrogens with one attached hydrogen (secondary N) is 1. The zero-order valence-electron chi connectivity index (χ0n) is 9.93. The molecule has 0 fully saturated rings. The molecule has 0 radical (unpaired) electrons. The second kappa shape index (κ2) is 4.47. The Bertz CT molecular complexity index is 755. The van der Waals surface area contributed by atoms with Gasteiger partial charge >= 0.3 is 0 Å². The number of halogens is 2. The summed E-state index contributed by atoms with van der Waals surface area (Å²) in [5, 5.41) is 7.50. The summed E-state index contributed by atoms with van der Waals surface area (Å²) >= 11 is 5.92. The second-order valence-electron chi connectivity index (χ2n) is 4.02. The third kappa shape index (κ3) is 2.22. The molecule has 1 N–H and O–H groups in total. The lowest BCUT2D eigenvalue weighted by atomic mass is 10.2. The van der Waals surface area contributed by atoms with E-state index in [0.29, 0.717) is 16.7 Å². The molecule has 0 aliphatic heterocycles. The fourth-order valence-electron chi connectivity index (χ4n) is 1.78. The number of hydrogen-bond acceptors (Lipinski definition) is 4. The van der Waals surface area contributed by atoms with Crippen molar-refractivity contribution < 1.29 is 4.39 Å². The first-order chi connectivity index (χ1) is 9.13. The highest BCUT2D eigenvalue weighted by Gasteiger charge is 2.08. The van der Waals surface area contributed by atoms with Crippen molar-refractivity contribution in [1.29, 1.82) is 0 Å². The summed E-state index contributed by atoms with van der Waals surface area (Å²) in [5.74, 6) is 0.735. The summed E-state index contributed by atoms with van der Waals surface area (Å²) in [6.45, 7) is 1.81. The average Bonchev–Trinajstić information content (AvgIpc) is 2.80. The molecule has 0 aliphatic rings. The maximum Gasteiger partial charge on any atom is 0.255 e. The molecule has 7 heteroatoms. The van der Waals surface area contributed by atoms with E-state index in [2.05, 4.69) is 20.4 Å². The first-order valence-corrected chi connectivity index (χ1v) is 5.91. The highest BCUT2D eigenvalue weighted by atomic mass is 35.5. The zero-order valence-corrected chi connectivity index (χ0v) is 10.7. The smallest absolute Gasteiger partial charge is 0.255 e. The Morgan fingerprint density at radius 3 is 2.95 bits per heavy atom. The summed E-state index contributed by atoms with van der Waals surface area (Å²) < 4.78 is 14.6. The molecule has 3 aromatic rings. The van der Waals surface area contributed by atoms with Crippen LogP contribution in [0.1, 0.15) is 5.56 Å². The van der Waals surface area contributed by atoms with Crippen molar-refractivity contribution in [1.82, 2.24) is 19.6 Å². The topological polar surface area (TPSA) is 55.1 Å². The van der Waals surface area contributed by atoms with Crippen molar-refractivity contribution >= 4 is 28.9 Å². The van der Waals surface area contributed by atoms with Gasteiger partial charge < -0.3 is 5.32 Å². The van der Waals surface area contributed by atoms with Gasteiger partial charge in [-0.1, -0.05) is 11.6 Å². The Kier molecular flexibility index (Phi) is 2.79. The largest absolute Gasteiger partial charge is 0.340 e. The molecule has 19 heavy (non-hydrogen) atoms. The normalized spacial score (nSPS) is 10.9. The Morgan fingerprint density at radius 1 is 1.32 bits per heavy atom. The number of fused-ring (bicyclic) bond motifs is 1. The van der Waals surface area contributed by atoms with E-state index in [0.717, 1.165) is 11.3 Å². The van der Waals surface area contributed by atoms with Gasteiger partial charge in [0.05, 0.1) is 0 Å². The van der Waals surface area contributed by atoms with Crippen LogP contribution in [0.2, 0.25) is 5.15 Å². The van der Waals surface area contributed by atoms with Crippen LogP contribution in [-0.2, 0) is 0 Å². The maximum atomic E-state index is 13.1. The first kappa shape index (κ1) is 11.9. The van der Waals surface area contributed by atoms with Crippen molar-refractivity contribution in [3.05, 3.63) is 47.1 Å². The summed E-state index contributed by atoms with van der Waals surface area (Å²) in [4.78, 5) is 8.00. The number of benzene rings is 1. The van der Waals surface area contributed by atoms with E-state index in [1.54, 1.807) is 12.1 Å². The fourth-order valence-corrected chi connectivity index (χ4v) is 1.96. The molecule has 3 rings (SSSR count). The molecule has 0 spiro atoms. The van der Waals surface area contributed by atoms with Crippen LogP contribution in [0.4, 0.5) is 15.9 Å². The van der Waals surface area contributed by atoms with Gasteiger partial charge in [0.25, 0.3) is 5.78 Å². The lowest BCUT2D eigenvalue weighted by Crippen LogP contribution is -2.02. The van der Waals surface area contributed by atoms with E-state index in [1.165, 1.54) is 23.0 Å². The van der Waals surface area contributed by atoms with Gasteiger partial charge in [-0.2, -0.15) is 19.6 Å². The molecule has 0 atom stereocenters. The fraction of sp³-hybridized carbons (Fsp3) is 0.0833. The Labute approximate surface area is 113 Å². The standard InChI is InChI=1S/C12H9ClFN5/c1-7-4-8(14)2-3-9(7)17-11-5-10(13)18-12-15-6-16-19(11)12/h2-6,17H,1H3. The summed E-state index contributed by atoms with van der Waals surface area (Å²) in [7, 11) is 0. The van der Waals surface area contributed by atoms with Crippen LogP contribution in [0.3, 0.4) is 0 Å². The predicted molar refractivity (Wildman–Crippen MR) is 70.2 cm³/mol. The van der Waals surface area contributed by atoms with E-state index >= 15 is 0 Å². The lowest BCUT2D eigenvalue weighted by Gasteiger charge is -2.10. The van der Waals surface area contributed by atoms with Crippen molar-refractivity contribution in [2.45, 2.75) is 6.92 Å². The van der Waals surface area contributed by atoms with Crippen LogP contribution in [0.25, 0.3) is 5.78 Å². The van der Waals surface area contributed by atoms with E-state index in [4.69, 9.17) is 11.6 Å². The first-order valence-electron chi connectivity index (χ1n) is 5.53. The van der Waals surface area contributed by atoms with Crippen LogP contribution < -0.4 is 5.32 Å². The summed E-state index contributed by atoms with van der Waals surface area (Å²) in [6.07, 6.45) is 1.39. The van der Waals surface area contributed by atoms with Gasteiger partial charge in [0.15, 0.2) is 0 Å². The monoisotopic (exact) mass is 277 g/mol. The molecular weight excluding hydrogens is 269 g/mol. The number of hydrogen-bond donors (Lipinski definition) is 1. The molecule has 0 saturated carbocycles. The van der Waals surface area contributed by atoms with E-state index in [1.807, 2.05) is 6.92 Å². The minimum Gasteiger partial charge on any atom is -0.340 e. The van der Waals surface area contributed by atoms with Gasteiger partial charge in [-0.3, -0.25) is 0 Å². The van der Waals surface area contributed by atoms with Crippen molar-refractivity contribution in [3.8, 4) is 0 Å². The second-order valence-corrected chi connectivity index (χ2v) is 4.41. The van der Waals surface area contributed by atoms with Crippen LogP contribution in [-0.4, -0.2) is 19.6 Å². The molecule has 0 bridgehead atoms. The molecule has 0 unspecified atom stereocenters. The van der Waals surface area contributed by atoms with Crippen LogP contribution in [0.15, 0.2) is 30.6 Å². The third-order valence-corrected chi connectivity index (χ3v) is 2.87. The highest BCUT2D eigenvalue weighted by molar-refractivity contribution is 6.29. The van der Waals surface area contributed by atoms with Crippen molar-refractivity contribution in [2.75, 3.05) is 5.32 Å². The highest BCUT2D eigenvalue weighted by Crippen LogP contribution is 2.22. The minimum absolute atomic E-state index is 0.276. The van der Waals surface area contributed by atoms with Crippen LogP contribution in [0, 0.1) is 12.7 Å². The van der Waals surface area contributed by atoms with Gasteiger partial charge in [0.1, 0.15) is 23.1 Å². The number of rotatable bonds is 2. The Hall–Kier alpha value is -2.21. The van der Waals surface area contributed by atoms with Crippen molar-refractivity contribution in [2.24, 2.45) is 0 Å². The Morgan fingerprint density at radius 2 is 2.16 bits per heavy atom. The van der Waals surface area contributed by atoms with Gasteiger partial charge in [-0.15, -0.1) is 0 Å². The molecule has 0 aliphatic carbocycles. The predicted octanol–water partition coefficient (Wildman–Crippen LogP) is 2.97. The molecular formula is C12H9ClFN5. The van der Waals surface area contributed by atoms with Crippen LogP contribution >= 0.6 is 11.6 Å². The molecule has 1 aromatic carbocycles. The van der Waals surface area contributed by atoms with E-state index in [9.17, 15) is 4.39 Å². The Balaban J connectivity index is 2.07. The third-order valence-electron chi connectivity index (χ3n) is 2.67. The molecule has 5 nitrogen and oxygen atoms in total. The van der Waals surface area contributed by atoms with E-state index in [-0.39, 0.29) is 5.82 Å². The molecule has 2 heterocycles. The quantitative estimate of drug-likeness (QED) is 0.732. The number of nitrogens with zero attached hydrogens (tertiary/aromatic N) is 4. The van der Waals surface area contributed by atoms with Gasteiger partial charge in [0.2, 0.25) is 0 Å². The lowest BCUT2D eigenvalue weighted by molar-refractivity contribution is 0.627. The van der Waals surface area contributed by atoms with Gasteiger partial charge in [-0.25, -0.2) is 4.39 Å². The molecule has 0 saturated heterocycles. The SMILES string of the molecule is Cc1cc(F)ccc1Nc1cc(Cl)nc2ncnn12. The number of aryl methyl sites for hydroxylation is 1. The van der Waals surface area contributed by atoms with E-state index < -0.39 is 0 Å². The molecule has 2 aromatic heterocycles. The van der Waals surface area contributed by atoms with Crippen LogP contribution in [0.5, 0.6) is 0 Å². The summed E-state index contributed by atoms with van der Waals surface area (Å²) in [5.41, 5.74) is 1.54. The van der Waals surface area contributed by atoms with Gasteiger partial charge in [0, 0.05) is 11.8 Å². The summed E-state index contributed by atoms with van der Waals surface area (Å²) in [6, 6.07) is 6.12. The van der Waals surface area contributed by atoms with Gasteiger partial charge in [-0.05, 0) is 30.7 Å². The average molecular weight is 278 g/mol.